The third-order valence-electron chi connectivity index (χ3n) is 1.11. The van der Waals surface area contributed by atoms with Gasteiger partial charge < -0.3 is 15.8 Å². The molecule has 2 amide bonds. The van der Waals surface area contributed by atoms with Crippen LogP contribution in [0.1, 0.15) is 19.8 Å². The van der Waals surface area contributed by atoms with Gasteiger partial charge >= 0.3 is 6.03 Å². The minimum absolute atomic E-state index is 0.0114. The Morgan fingerprint density at radius 3 is 2.80 bits per heavy atom. The number of nitrogens with two attached hydrogens (primary N) is 1. The lowest BCUT2D eigenvalue weighted by Gasteiger charge is -2.08. The standard InChI is InChI=1S/C6H12N2O2/c1-5(3-2-4-9)8-6(7)10/h4-5H,2-3H2,1H3,(H3,7,8,10)/t5-/m1/s1. The van der Waals surface area contributed by atoms with Gasteiger partial charge in [-0.25, -0.2) is 4.79 Å². The van der Waals surface area contributed by atoms with Gasteiger partial charge in [0.2, 0.25) is 0 Å². The molecule has 4 heteroatoms. The average molecular weight is 144 g/mol. The smallest absolute Gasteiger partial charge is 0.312 e. The van der Waals surface area contributed by atoms with Gasteiger partial charge in [0.15, 0.2) is 0 Å². The van der Waals surface area contributed by atoms with E-state index in [-0.39, 0.29) is 6.04 Å². The van der Waals surface area contributed by atoms with Gasteiger partial charge in [-0.2, -0.15) is 0 Å². The van der Waals surface area contributed by atoms with Crippen molar-refractivity contribution in [1.82, 2.24) is 5.32 Å². The summed E-state index contributed by atoms with van der Waals surface area (Å²) < 4.78 is 0. The number of carbonyl (C=O) groups is 2. The summed E-state index contributed by atoms with van der Waals surface area (Å²) in [5.74, 6) is 0. The molecule has 0 spiro atoms. The van der Waals surface area contributed by atoms with E-state index in [1.807, 2.05) is 0 Å². The first-order chi connectivity index (χ1) is 4.66. The predicted octanol–water partition coefficient (Wildman–Crippen LogP) is 0.0223. The second-order valence-electron chi connectivity index (χ2n) is 2.15. The number of primary amides is 1. The predicted molar refractivity (Wildman–Crippen MR) is 37.5 cm³/mol. The Morgan fingerprint density at radius 2 is 2.40 bits per heavy atom. The number of urea groups is 1. The Bertz CT molecular complexity index is 125. The van der Waals surface area contributed by atoms with Crippen LogP contribution in [-0.4, -0.2) is 18.4 Å². The van der Waals surface area contributed by atoms with Gasteiger partial charge in [-0.1, -0.05) is 0 Å². The summed E-state index contributed by atoms with van der Waals surface area (Å²) in [4.78, 5) is 20.0. The van der Waals surface area contributed by atoms with Gasteiger partial charge in [0, 0.05) is 12.5 Å². The minimum Gasteiger partial charge on any atom is -0.352 e. The summed E-state index contributed by atoms with van der Waals surface area (Å²) in [6.45, 7) is 1.80. The monoisotopic (exact) mass is 144 g/mol. The van der Waals surface area contributed by atoms with Gasteiger partial charge in [0.05, 0.1) is 0 Å². The zero-order chi connectivity index (χ0) is 7.98. The number of rotatable bonds is 4. The Balaban J connectivity index is 3.33. The van der Waals surface area contributed by atoms with E-state index in [1.54, 1.807) is 6.92 Å². The lowest BCUT2D eigenvalue weighted by Crippen LogP contribution is -2.36. The fourth-order valence-corrected chi connectivity index (χ4v) is 0.633. The van der Waals surface area contributed by atoms with Crippen molar-refractivity contribution < 1.29 is 9.59 Å². The molecule has 0 aliphatic rings. The number of aldehydes is 1. The molecule has 3 N–H and O–H groups in total. The van der Waals surface area contributed by atoms with Gasteiger partial charge in [0.1, 0.15) is 6.29 Å². The fraction of sp³-hybridized carbons (Fsp3) is 0.667. The maximum Gasteiger partial charge on any atom is 0.312 e. The quantitative estimate of drug-likeness (QED) is 0.546. The van der Waals surface area contributed by atoms with Crippen molar-refractivity contribution in [2.45, 2.75) is 25.8 Å². The van der Waals surface area contributed by atoms with E-state index in [1.165, 1.54) is 0 Å². The van der Waals surface area contributed by atoms with E-state index in [2.05, 4.69) is 5.32 Å². The van der Waals surface area contributed by atoms with Crippen LogP contribution in [0.4, 0.5) is 4.79 Å². The van der Waals surface area contributed by atoms with Crippen LogP contribution in [-0.2, 0) is 4.79 Å². The minimum atomic E-state index is -0.543. The average Bonchev–Trinajstić information content (AvgIpc) is 1.82. The fourth-order valence-electron chi connectivity index (χ4n) is 0.633. The van der Waals surface area contributed by atoms with Gasteiger partial charge in [-0.05, 0) is 13.3 Å². The largest absolute Gasteiger partial charge is 0.352 e. The molecule has 0 saturated carbocycles. The molecule has 0 saturated heterocycles. The van der Waals surface area contributed by atoms with Gasteiger partial charge in [-0.15, -0.1) is 0 Å². The van der Waals surface area contributed by atoms with Gasteiger partial charge in [0.25, 0.3) is 0 Å². The molecule has 0 aliphatic carbocycles. The zero-order valence-electron chi connectivity index (χ0n) is 5.96. The summed E-state index contributed by atoms with van der Waals surface area (Å²) in [5.41, 5.74) is 4.83. The van der Waals surface area contributed by atoms with E-state index in [4.69, 9.17) is 5.73 Å². The molecular formula is C6H12N2O2. The van der Waals surface area contributed by atoms with Crippen LogP contribution < -0.4 is 11.1 Å². The van der Waals surface area contributed by atoms with Crippen LogP contribution in [0, 0.1) is 0 Å². The summed E-state index contributed by atoms with van der Waals surface area (Å²) in [6, 6.07) is -0.555. The molecule has 0 radical (unpaired) electrons. The number of hydrogen-bond acceptors (Lipinski definition) is 2. The topological polar surface area (TPSA) is 72.2 Å². The molecule has 0 fully saturated rings. The Hall–Kier alpha value is -1.06. The molecule has 0 unspecified atom stereocenters. The zero-order valence-corrected chi connectivity index (χ0v) is 5.96. The van der Waals surface area contributed by atoms with E-state index in [0.717, 1.165) is 6.29 Å². The highest BCUT2D eigenvalue weighted by Crippen LogP contribution is 1.91. The first kappa shape index (κ1) is 8.94. The number of carbonyl (C=O) groups excluding carboxylic acids is 2. The summed E-state index contributed by atoms with van der Waals surface area (Å²) in [6.07, 6.45) is 1.92. The second-order valence-corrected chi connectivity index (χ2v) is 2.15. The van der Waals surface area contributed by atoms with Gasteiger partial charge in [-0.3, -0.25) is 0 Å². The highest BCUT2D eigenvalue weighted by atomic mass is 16.2. The highest BCUT2D eigenvalue weighted by Gasteiger charge is 2.01. The van der Waals surface area contributed by atoms with E-state index < -0.39 is 6.03 Å². The normalized spacial score (nSPS) is 12.1. The molecule has 1 atom stereocenters. The van der Waals surface area contributed by atoms with Crippen molar-refractivity contribution >= 4 is 12.3 Å². The summed E-state index contributed by atoms with van der Waals surface area (Å²) >= 11 is 0. The molecule has 4 nitrogen and oxygen atoms in total. The maximum absolute atomic E-state index is 10.2. The molecule has 0 aromatic carbocycles. The van der Waals surface area contributed by atoms with Crippen molar-refractivity contribution in [3.8, 4) is 0 Å². The van der Waals surface area contributed by atoms with Crippen LogP contribution in [0.2, 0.25) is 0 Å². The molecule has 0 bridgehead atoms. The van der Waals surface area contributed by atoms with Crippen molar-refractivity contribution in [2.24, 2.45) is 5.73 Å². The van der Waals surface area contributed by atoms with Crippen molar-refractivity contribution in [3.63, 3.8) is 0 Å². The third kappa shape index (κ3) is 5.08. The lowest BCUT2D eigenvalue weighted by molar-refractivity contribution is -0.108. The van der Waals surface area contributed by atoms with Crippen LogP contribution in [0.25, 0.3) is 0 Å². The first-order valence-corrected chi connectivity index (χ1v) is 3.16. The molecule has 0 rings (SSSR count). The second kappa shape index (κ2) is 4.78. The van der Waals surface area contributed by atoms with Crippen LogP contribution in [0.15, 0.2) is 0 Å². The third-order valence-corrected chi connectivity index (χ3v) is 1.11. The number of hydrogen-bond donors (Lipinski definition) is 2. The number of amides is 2. The lowest BCUT2D eigenvalue weighted by atomic mass is 10.2. The van der Waals surface area contributed by atoms with Crippen molar-refractivity contribution in [2.75, 3.05) is 0 Å². The molecule has 0 aliphatic heterocycles. The molecular weight excluding hydrogens is 132 g/mol. The van der Waals surface area contributed by atoms with Crippen LogP contribution in [0.5, 0.6) is 0 Å². The molecule has 58 valence electrons. The Labute approximate surface area is 59.8 Å². The highest BCUT2D eigenvalue weighted by molar-refractivity contribution is 5.71. The maximum atomic E-state index is 10.2. The summed E-state index contributed by atoms with van der Waals surface area (Å²) in [5, 5.41) is 2.46. The SMILES string of the molecule is C[C@H](CCC=O)NC(N)=O. The van der Waals surface area contributed by atoms with E-state index in [0.29, 0.717) is 12.8 Å². The summed E-state index contributed by atoms with van der Waals surface area (Å²) in [7, 11) is 0. The van der Waals surface area contributed by atoms with Crippen molar-refractivity contribution in [1.29, 1.82) is 0 Å². The van der Waals surface area contributed by atoms with Crippen LogP contribution >= 0.6 is 0 Å². The van der Waals surface area contributed by atoms with Crippen molar-refractivity contribution in [3.05, 3.63) is 0 Å². The number of nitrogens with one attached hydrogen (secondary N) is 1. The molecule has 10 heavy (non-hydrogen) atoms. The Kier molecular flexibility index (Phi) is 4.28. The Morgan fingerprint density at radius 1 is 1.80 bits per heavy atom. The molecule has 0 heterocycles. The van der Waals surface area contributed by atoms with E-state index >= 15 is 0 Å². The molecule has 0 aromatic rings. The van der Waals surface area contributed by atoms with E-state index in [9.17, 15) is 9.59 Å². The van der Waals surface area contributed by atoms with Crippen LogP contribution in [0.3, 0.4) is 0 Å². The molecule has 0 aromatic heterocycles. The first-order valence-electron chi connectivity index (χ1n) is 3.16.